The van der Waals surface area contributed by atoms with Gasteiger partial charge in [-0.15, -0.1) is 0 Å². The molecule has 0 aliphatic heterocycles. The van der Waals surface area contributed by atoms with E-state index in [9.17, 15) is 4.39 Å². The van der Waals surface area contributed by atoms with Gasteiger partial charge in [-0.05, 0) is 43.2 Å². The largest absolute Gasteiger partial charge is 0.361 e. The van der Waals surface area contributed by atoms with Crippen LogP contribution in [0.25, 0.3) is 10.9 Å². The van der Waals surface area contributed by atoms with Crippen molar-refractivity contribution in [2.45, 2.75) is 20.2 Å². The van der Waals surface area contributed by atoms with Crippen molar-refractivity contribution in [1.82, 2.24) is 9.88 Å². The maximum absolute atomic E-state index is 13.2. The van der Waals surface area contributed by atoms with Gasteiger partial charge in [-0.2, -0.15) is 0 Å². The number of aromatic nitrogens is 1. The van der Waals surface area contributed by atoms with Crippen LogP contribution in [0.3, 0.4) is 0 Å². The first-order valence-electron chi connectivity index (χ1n) is 7.77. The van der Waals surface area contributed by atoms with Crippen molar-refractivity contribution in [2.75, 3.05) is 19.6 Å². The van der Waals surface area contributed by atoms with Gasteiger partial charge in [0.2, 0.25) is 0 Å². The van der Waals surface area contributed by atoms with Crippen LogP contribution in [-0.2, 0) is 6.37 Å². The predicted molar refractivity (Wildman–Crippen MR) is 69.7 cm³/mol. The average molecular weight is 238 g/mol. The van der Waals surface area contributed by atoms with Crippen LogP contribution < -0.4 is 0 Å². The zero-order valence-corrected chi connectivity index (χ0v) is 10.0. The van der Waals surface area contributed by atoms with Gasteiger partial charge in [-0.3, -0.25) is 0 Å². The number of hydrogen-bond acceptors (Lipinski definition) is 1. The van der Waals surface area contributed by atoms with E-state index in [-0.39, 0.29) is 5.56 Å². The van der Waals surface area contributed by atoms with Crippen LogP contribution in [0.4, 0.5) is 4.39 Å². The van der Waals surface area contributed by atoms with Gasteiger partial charge < -0.3 is 9.88 Å². The summed E-state index contributed by atoms with van der Waals surface area (Å²) in [6.45, 7) is 2.23. The molecule has 0 saturated carbocycles. The molecule has 2 aromatic rings. The van der Waals surface area contributed by atoms with E-state index >= 15 is 0 Å². The molecule has 1 aromatic heterocycles. The Morgan fingerprint density at radius 1 is 1.35 bits per heavy atom. The molecule has 0 unspecified atom stereocenters. The first-order chi connectivity index (χ1) is 9.75. The van der Waals surface area contributed by atoms with Crippen LogP contribution in [0.15, 0.2) is 24.4 Å². The Balaban J connectivity index is 2.55. The second-order valence-corrected chi connectivity index (χ2v) is 3.80. The second kappa shape index (κ2) is 5.32. The highest BCUT2D eigenvalue weighted by molar-refractivity contribution is 5.83. The molecule has 0 aliphatic rings. The number of H-pyrrole nitrogens is 1. The summed E-state index contributed by atoms with van der Waals surface area (Å²) >= 11 is 0. The molecule has 0 atom stereocenters. The molecule has 0 amide bonds. The number of fused-ring (bicyclic) bond motifs is 1. The normalized spacial score (nSPS) is 16.7. The lowest BCUT2D eigenvalue weighted by atomic mass is 10.1. The Bertz CT molecular complexity index is 635. The summed E-state index contributed by atoms with van der Waals surface area (Å²) in [7, 11) is 0. The average Bonchev–Trinajstić information content (AvgIpc) is 2.82. The quantitative estimate of drug-likeness (QED) is 0.847. The number of halogens is 1. The van der Waals surface area contributed by atoms with E-state index in [1.54, 1.807) is 13.8 Å². The molecule has 2 nitrogen and oxygen atoms in total. The standard InChI is InChI=1S/C14H19FN2/c1-3-17(4-2)8-7-11-10-16-14-9-12(15)5-6-13(11)14/h5-6,9-10,16H,3-4,7-8H2,1-2H3/i7D2,8D2. The van der Waals surface area contributed by atoms with Gasteiger partial charge in [0.25, 0.3) is 0 Å². The summed E-state index contributed by atoms with van der Waals surface area (Å²) in [5.41, 5.74) is 0.665. The molecule has 0 radical (unpaired) electrons. The summed E-state index contributed by atoms with van der Waals surface area (Å²) in [5, 5.41) is 0.498. The van der Waals surface area contributed by atoms with E-state index in [2.05, 4.69) is 4.98 Å². The molecular weight excluding hydrogens is 215 g/mol. The van der Waals surface area contributed by atoms with Gasteiger partial charge >= 0.3 is 0 Å². The maximum Gasteiger partial charge on any atom is 0.125 e. The summed E-state index contributed by atoms with van der Waals surface area (Å²) in [5.74, 6) is -0.414. The monoisotopic (exact) mass is 238 g/mol. The van der Waals surface area contributed by atoms with Gasteiger partial charge in [0.1, 0.15) is 5.82 Å². The highest BCUT2D eigenvalue weighted by atomic mass is 19.1. The Hall–Kier alpha value is -1.35. The van der Waals surface area contributed by atoms with Crippen molar-refractivity contribution >= 4 is 10.9 Å². The molecule has 1 N–H and O–H groups in total. The Kier molecular flexibility index (Phi) is 2.47. The fraction of sp³-hybridized carbons (Fsp3) is 0.429. The molecule has 0 bridgehead atoms. The van der Waals surface area contributed by atoms with Crippen LogP contribution in [0.2, 0.25) is 0 Å². The minimum atomic E-state index is -2.23. The van der Waals surface area contributed by atoms with E-state index in [4.69, 9.17) is 5.48 Å². The lowest BCUT2D eigenvalue weighted by Crippen LogP contribution is -2.25. The van der Waals surface area contributed by atoms with Crippen LogP contribution in [-0.4, -0.2) is 29.5 Å². The molecule has 0 aliphatic carbocycles. The second-order valence-electron chi connectivity index (χ2n) is 3.80. The van der Waals surface area contributed by atoms with Crippen molar-refractivity contribution in [3.8, 4) is 0 Å². The molecule has 0 saturated heterocycles. The molecule has 92 valence electrons. The van der Waals surface area contributed by atoms with E-state index in [1.807, 2.05) is 0 Å². The molecular formula is C14H19FN2. The van der Waals surface area contributed by atoms with E-state index < -0.39 is 18.7 Å². The number of benzene rings is 1. The number of rotatable bonds is 5. The van der Waals surface area contributed by atoms with Crippen molar-refractivity contribution in [1.29, 1.82) is 0 Å². The van der Waals surface area contributed by atoms with Crippen LogP contribution in [0.1, 0.15) is 24.9 Å². The SMILES string of the molecule is [2H]C([2H])(c1c[nH]c2cc(F)ccc12)C([2H])([2H])N(CC)CC. The number of aryl methyl sites for hydroxylation is 1. The summed E-state index contributed by atoms with van der Waals surface area (Å²) in [6, 6.07) is 4.01. The third-order valence-electron chi connectivity index (χ3n) is 2.76. The molecule has 2 rings (SSSR count). The Morgan fingerprint density at radius 3 is 2.82 bits per heavy atom. The number of nitrogens with one attached hydrogen (secondary N) is 1. The zero-order valence-electron chi connectivity index (χ0n) is 14.0. The number of nitrogens with zero attached hydrogens (tertiary/aromatic N) is 1. The maximum atomic E-state index is 13.2. The summed E-state index contributed by atoms with van der Waals surface area (Å²) < 4.78 is 46.2. The zero-order chi connectivity index (χ0) is 15.8. The minimum absolute atomic E-state index is 0.203. The lowest BCUT2D eigenvalue weighted by Gasteiger charge is -2.17. The van der Waals surface area contributed by atoms with E-state index in [1.165, 1.54) is 29.3 Å². The van der Waals surface area contributed by atoms with Gasteiger partial charge in [0.05, 0.1) is 0 Å². The predicted octanol–water partition coefficient (Wildman–Crippen LogP) is 3.19. The third kappa shape index (κ3) is 2.67. The van der Waals surface area contributed by atoms with E-state index in [0.29, 0.717) is 24.0 Å². The number of likely N-dealkylation sites (N-methyl/N-ethyl adjacent to an activating group) is 1. The molecule has 1 heterocycles. The van der Waals surface area contributed by atoms with Crippen molar-refractivity contribution in [3.05, 3.63) is 35.8 Å². The molecule has 0 spiro atoms. The molecule has 0 fully saturated rings. The number of aromatic amines is 1. The van der Waals surface area contributed by atoms with E-state index in [0.717, 1.165) is 0 Å². The lowest BCUT2D eigenvalue weighted by molar-refractivity contribution is 0.308. The first-order valence-corrected chi connectivity index (χ1v) is 5.77. The fourth-order valence-corrected chi connectivity index (χ4v) is 1.72. The molecule has 3 heteroatoms. The number of hydrogen-bond donors (Lipinski definition) is 1. The van der Waals surface area contributed by atoms with Crippen LogP contribution >= 0.6 is 0 Å². The van der Waals surface area contributed by atoms with Gasteiger partial charge in [0.15, 0.2) is 0 Å². The summed E-state index contributed by atoms with van der Waals surface area (Å²) in [6.07, 6.45) is -0.805. The van der Waals surface area contributed by atoms with Gasteiger partial charge in [0, 0.05) is 29.1 Å². The van der Waals surface area contributed by atoms with Crippen LogP contribution in [0.5, 0.6) is 0 Å². The van der Waals surface area contributed by atoms with Crippen molar-refractivity contribution in [2.24, 2.45) is 0 Å². The van der Waals surface area contributed by atoms with Crippen molar-refractivity contribution < 1.29 is 9.87 Å². The highest BCUT2D eigenvalue weighted by Crippen LogP contribution is 2.19. The summed E-state index contributed by atoms with van der Waals surface area (Å²) in [4.78, 5) is 4.26. The Morgan fingerprint density at radius 2 is 2.12 bits per heavy atom. The molecule has 1 aromatic carbocycles. The first kappa shape index (κ1) is 7.88. The van der Waals surface area contributed by atoms with Crippen molar-refractivity contribution in [3.63, 3.8) is 0 Å². The highest BCUT2D eigenvalue weighted by Gasteiger charge is 2.06. The Labute approximate surface area is 107 Å². The van der Waals surface area contributed by atoms with Gasteiger partial charge in [-0.1, -0.05) is 13.8 Å². The molecule has 17 heavy (non-hydrogen) atoms. The minimum Gasteiger partial charge on any atom is -0.361 e. The van der Waals surface area contributed by atoms with Crippen LogP contribution in [0, 0.1) is 5.82 Å². The third-order valence-corrected chi connectivity index (χ3v) is 2.76. The topological polar surface area (TPSA) is 19.0 Å². The smallest absolute Gasteiger partial charge is 0.125 e. The van der Waals surface area contributed by atoms with Gasteiger partial charge in [-0.25, -0.2) is 4.39 Å². The fourth-order valence-electron chi connectivity index (χ4n) is 1.72.